The van der Waals surface area contributed by atoms with Crippen molar-refractivity contribution in [2.75, 3.05) is 13.6 Å². The van der Waals surface area contributed by atoms with Crippen LogP contribution >= 0.6 is 0 Å². The Labute approximate surface area is 216 Å². The van der Waals surface area contributed by atoms with Gasteiger partial charge in [0.25, 0.3) is 0 Å². The van der Waals surface area contributed by atoms with Gasteiger partial charge in [-0.2, -0.15) is 0 Å². The lowest BCUT2D eigenvalue weighted by Crippen LogP contribution is -2.58. The van der Waals surface area contributed by atoms with Gasteiger partial charge in [-0.15, -0.1) is 0 Å². The molecule has 6 nitrogen and oxygen atoms in total. The largest absolute Gasteiger partial charge is 0.383 e. The van der Waals surface area contributed by atoms with Crippen molar-refractivity contribution in [2.45, 2.75) is 125 Å². The van der Waals surface area contributed by atoms with E-state index in [1.165, 1.54) is 0 Å². The highest BCUT2D eigenvalue weighted by Gasteiger charge is 2.35. The second-order valence-corrected chi connectivity index (χ2v) is 11.2. The lowest BCUT2D eigenvalue weighted by molar-refractivity contribution is -0.140. The van der Waals surface area contributed by atoms with Gasteiger partial charge in [-0.3, -0.25) is 14.5 Å². The van der Waals surface area contributed by atoms with E-state index in [1.807, 2.05) is 25.8 Å². The van der Waals surface area contributed by atoms with E-state index in [1.54, 1.807) is 0 Å². The summed E-state index contributed by atoms with van der Waals surface area (Å²) in [5.74, 6) is 0.156. The fourth-order valence-electron chi connectivity index (χ4n) is 4.94. The number of amides is 2. The molecule has 3 atom stereocenters. The molecule has 2 amide bonds. The number of likely N-dealkylation sites (tertiary alicyclic amines) is 1. The highest BCUT2D eigenvalue weighted by molar-refractivity contribution is 5.90. The number of nitrogens with one attached hydrogen (secondary N) is 2. The maximum atomic E-state index is 13.7. The van der Waals surface area contributed by atoms with Crippen molar-refractivity contribution in [1.29, 1.82) is 0 Å². The molecule has 0 aliphatic carbocycles. The number of carbonyl (C=O) groups is 2. The van der Waals surface area contributed by atoms with Crippen LogP contribution in [-0.2, 0) is 9.59 Å². The van der Waals surface area contributed by atoms with Crippen LogP contribution in [0.1, 0.15) is 94.4 Å². The van der Waals surface area contributed by atoms with E-state index in [0.717, 1.165) is 49.9 Å². The fourth-order valence-corrected chi connectivity index (χ4v) is 4.94. The number of piperidine rings is 1. The Kier molecular flexibility index (Phi) is 13.1. The number of allylic oxidation sites excluding steroid dienone is 1. The number of hydrogen-bond donors (Lipinski definition) is 2. The van der Waals surface area contributed by atoms with Crippen molar-refractivity contribution in [2.24, 2.45) is 11.8 Å². The molecule has 1 saturated heterocycles. The zero-order valence-electron chi connectivity index (χ0n) is 24.3. The highest BCUT2D eigenvalue weighted by atomic mass is 16.2. The summed E-state index contributed by atoms with van der Waals surface area (Å²) in [6.45, 7) is 24.1. The Morgan fingerprint density at radius 2 is 1.63 bits per heavy atom. The number of nitrogens with zero attached hydrogens (tertiary/aromatic N) is 2. The van der Waals surface area contributed by atoms with Gasteiger partial charge in [0.05, 0.1) is 12.1 Å². The topological polar surface area (TPSA) is 64.7 Å². The first kappa shape index (κ1) is 31.2. The summed E-state index contributed by atoms with van der Waals surface area (Å²) in [5.41, 5.74) is 1.96. The van der Waals surface area contributed by atoms with E-state index in [2.05, 4.69) is 76.7 Å². The molecule has 0 saturated carbocycles. The Balaban J connectivity index is 3.06. The van der Waals surface area contributed by atoms with Crippen molar-refractivity contribution in [1.82, 2.24) is 20.4 Å². The van der Waals surface area contributed by atoms with Crippen molar-refractivity contribution in [3.63, 3.8) is 0 Å². The summed E-state index contributed by atoms with van der Waals surface area (Å²) in [6.07, 6.45) is 7.24. The number of hydrogen-bond acceptors (Lipinski definition) is 4. The van der Waals surface area contributed by atoms with E-state index in [4.69, 9.17) is 0 Å². The Morgan fingerprint density at radius 1 is 1.03 bits per heavy atom. The first-order chi connectivity index (χ1) is 16.3. The molecule has 0 aromatic carbocycles. The molecule has 0 radical (unpaired) electrons. The molecule has 1 heterocycles. The van der Waals surface area contributed by atoms with Gasteiger partial charge in [0.2, 0.25) is 11.8 Å². The van der Waals surface area contributed by atoms with Gasteiger partial charge in [0.1, 0.15) is 6.04 Å². The van der Waals surface area contributed by atoms with Crippen molar-refractivity contribution >= 4 is 11.8 Å². The molecule has 2 N–H and O–H groups in total. The second-order valence-electron chi connectivity index (χ2n) is 11.2. The molecule has 0 aromatic heterocycles. The summed E-state index contributed by atoms with van der Waals surface area (Å²) < 4.78 is 0. The van der Waals surface area contributed by atoms with Crippen molar-refractivity contribution in [3.05, 3.63) is 23.9 Å². The molecule has 1 aliphatic heterocycles. The average Bonchev–Trinajstić information content (AvgIpc) is 2.82. The Bertz CT molecular complexity index is 724. The van der Waals surface area contributed by atoms with Crippen LogP contribution in [0.5, 0.6) is 0 Å². The first-order valence-electron chi connectivity index (χ1n) is 13.8. The van der Waals surface area contributed by atoms with Crippen LogP contribution in [0.15, 0.2) is 23.9 Å². The minimum atomic E-state index is -0.552. The van der Waals surface area contributed by atoms with E-state index < -0.39 is 6.04 Å². The quantitative estimate of drug-likeness (QED) is 0.352. The third-order valence-electron chi connectivity index (χ3n) is 7.48. The van der Waals surface area contributed by atoms with Gasteiger partial charge in [0, 0.05) is 24.8 Å². The van der Waals surface area contributed by atoms with E-state index in [9.17, 15) is 9.59 Å². The zero-order valence-corrected chi connectivity index (χ0v) is 24.3. The van der Waals surface area contributed by atoms with Crippen LogP contribution in [0.4, 0.5) is 0 Å². The monoisotopic (exact) mass is 490 g/mol. The minimum Gasteiger partial charge on any atom is -0.383 e. The van der Waals surface area contributed by atoms with Gasteiger partial charge in [-0.05, 0) is 70.4 Å². The number of rotatable bonds is 13. The number of likely N-dealkylation sites (N-methyl/N-ethyl adjacent to an activating group) is 1. The minimum absolute atomic E-state index is 0.00521. The van der Waals surface area contributed by atoms with Crippen molar-refractivity contribution < 1.29 is 9.59 Å². The standard InChI is InChI=1S/C29H54N4O2/c1-12-24(13-2)30-23(10)22(9)18-26(19(3)4)32(11)29(35)27(20(5)6)31-28(34)25-16-14-15-17-33(25)21(7)8/h18-21,24-27,30H,10,12-17H2,1-9,11H3,(H,31,34)/b22-18+. The van der Waals surface area contributed by atoms with Gasteiger partial charge >= 0.3 is 0 Å². The summed E-state index contributed by atoms with van der Waals surface area (Å²) in [6, 6.07) is -0.104. The normalized spacial score (nSPS) is 19.3. The second kappa shape index (κ2) is 14.7. The van der Waals surface area contributed by atoms with Gasteiger partial charge in [0.15, 0.2) is 0 Å². The average molecular weight is 491 g/mol. The van der Waals surface area contributed by atoms with Crippen LogP contribution in [-0.4, -0.2) is 65.4 Å². The molecule has 35 heavy (non-hydrogen) atoms. The molecule has 202 valence electrons. The van der Waals surface area contributed by atoms with Crippen molar-refractivity contribution in [3.8, 4) is 0 Å². The van der Waals surface area contributed by atoms with Crippen LogP contribution in [0.2, 0.25) is 0 Å². The molecule has 3 unspecified atom stereocenters. The van der Waals surface area contributed by atoms with Crippen LogP contribution in [0, 0.1) is 11.8 Å². The van der Waals surface area contributed by atoms with Crippen LogP contribution in [0.25, 0.3) is 0 Å². The predicted octanol–water partition coefficient (Wildman–Crippen LogP) is 5.11. The summed E-state index contributed by atoms with van der Waals surface area (Å²) >= 11 is 0. The molecule has 0 aromatic rings. The molecule has 0 bridgehead atoms. The lowest BCUT2D eigenvalue weighted by atomic mass is 9.95. The fraction of sp³-hybridized carbons (Fsp3) is 0.793. The van der Waals surface area contributed by atoms with E-state index >= 15 is 0 Å². The maximum Gasteiger partial charge on any atom is 0.245 e. The molecule has 0 spiro atoms. The van der Waals surface area contributed by atoms with Crippen LogP contribution < -0.4 is 10.6 Å². The summed E-state index contributed by atoms with van der Waals surface area (Å²) in [7, 11) is 1.86. The molecule has 1 aliphatic rings. The number of carbonyl (C=O) groups excluding carboxylic acids is 2. The van der Waals surface area contributed by atoms with Gasteiger partial charge < -0.3 is 15.5 Å². The lowest BCUT2D eigenvalue weighted by Gasteiger charge is -2.39. The zero-order chi connectivity index (χ0) is 26.9. The van der Waals surface area contributed by atoms with Gasteiger partial charge in [-0.25, -0.2) is 0 Å². The smallest absolute Gasteiger partial charge is 0.245 e. The highest BCUT2D eigenvalue weighted by Crippen LogP contribution is 2.22. The van der Waals surface area contributed by atoms with E-state index in [-0.39, 0.29) is 35.7 Å². The molecule has 1 fully saturated rings. The van der Waals surface area contributed by atoms with Crippen LogP contribution in [0.3, 0.4) is 0 Å². The molecular formula is C29H54N4O2. The molecule has 6 heteroatoms. The summed E-state index contributed by atoms with van der Waals surface area (Å²) in [4.78, 5) is 31.1. The SMILES string of the molecule is C=C(NC(CC)CC)/C(C)=C/C(C(C)C)N(C)C(=O)C(NC(=O)C1CCCCN1C(C)C)C(C)C. The molecule has 1 rings (SSSR count). The predicted molar refractivity (Wildman–Crippen MR) is 148 cm³/mol. The Morgan fingerprint density at radius 3 is 2.11 bits per heavy atom. The maximum absolute atomic E-state index is 13.7. The van der Waals surface area contributed by atoms with E-state index in [0.29, 0.717) is 12.1 Å². The molecular weight excluding hydrogens is 436 g/mol. The van der Waals surface area contributed by atoms with Gasteiger partial charge in [-0.1, -0.05) is 60.6 Å². The third kappa shape index (κ3) is 8.96. The first-order valence-corrected chi connectivity index (χ1v) is 13.8. The summed E-state index contributed by atoms with van der Waals surface area (Å²) in [5, 5.41) is 6.66. The third-order valence-corrected chi connectivity index (χ3v) is 7.48. The Hall–Kier alpha value is -1.82.